The first kappa shape index (κ1) is 17.7. The van der Waals surface area contributed by atoms with E-state index < -0.39 is 15.2 Å². The number of hydrogen-bond acceptors (Lipinski definition) is 7. The van der Waals surface area contributed by atoms with Gasteiger partial charge in [-0.25, -0.2) is 13.4 Å². The Hall–Kier alpha value is -2.75. The molecule has 9 heteroatoms. The Kier molecular flexibility index (Phi) is 4.42. The molecule has 8 nitrogen and oxygen atoms in total. The SMILES string of the molecule is O=c1[nH]c(-c2ccccc2)nc2c1CN(Cc1ccc(S(=O)(=O)[O-])o1)CC2. The molecule has 0 aliphatic carbocycles. The van der Waals surface area contributed by atoms with Crippen LogP contribution in [-0.2, 0) is 29.6 Å². The van der Waals surface area contributed by atoms with Crippen molar-refractivity contribution in [2.75, 3.05) is 6.54 Å². The maximum absolute atomic E-state index is 12.5. The van der Waals surface area contributed by atoms with E-state index >= 15 is 0 Å². The minimum Gasteiger partial charge on any atom is -0.742 e. The minimum absolute atomic E-state index is 0.189. The maximum Gasteiger partial charge on any atom is 0.255 e. The van der Waals surface area contributed by atoms with Crippen LogP contribution in [0.4, 0.5) is 0 Å². The third-order valence-corrected chi connectivity index (χ3v) is 5.17. The number of rotatable bonds is 4. The minimum atomic E-state index is -4.61. The van der Waals surface area contributed by atoms with E-state index in [0.717, 1.165) is 17.3 Å². The maximum atomic E-state index is 12.5. The van der Waals surface area contributed by atoms with Crippen LogP contribution in [0.25, 0.3) is 11.4 Å². The average Bonchev–Trinajstić information content (AvgIpc) is 3.12. The van der Waals surface area contributed by atoms with Crippen molar-refractivity contribution in [3.8, 4) is 11.4 Å². The lowest BCUT2D eigenvalue weighted by Crippen LogP contribution is -2.35. The molecule has 140 valence electrons. The van der Waals surface area contributed by atoms with E-state index in [-0.39, 0.29) is 5.56 Å². The van der Waals surface area contributed by atoms with Crippen molar-refractivity contribution in [3.05, 3.63) is 69.8 Å². The molecule has 0 bridgehead atoms. The molecule has 2 aromatic heterocycles. The summed E-state index contributed by atoms with van der Waals surface area (Å²) in [5.74, 6) is 0.905. The molecule has 0 spiro atoms. The van der Waals surface area contributed by atoms with E-state index in [9.17, 15) is 17.8 Å². The van der Waals surface area contributed by atoms with Gasteiger partial charge in [-0.15, -0.1) is 0 Å². The van der Waals surface area contributed by atoms with Gasteiger partial charge in [-0.3, -0.25) is 9.69 Å². The van der Waals surface area contributed by atoms with Crippen molar-refractivity contribution < 1.29 is 17.4 Å². The summed E-state index contributed by atoms with van der Waals surface area (Å²) in [6.45, 7) is 1.31. The largest absolute Gasteiger partial charge is 0.742 e. The third-order valence-electron chi connectivity index (χ3n) is 4.46. The van der Waals surface area contributed by atoms with Crippen LogP contribution in [0.5, 0.6) is 0 Å². The molecule has 0 fully saturated rings. The summed E-state index contributed by atoms with van der Waals surface area (Å²) >= 11 is 0. The van der Waals surface area contributed by atoms with Crippen molar-refractivity contribution in [3.63, 3.8) is 0 Å². The number of furan rings is 1. The van der Waals surface area contributed by atoms with Crippen molar-refractivity contribution in [2.45, 2.75) is 24.6 Å². The second kappa shape index (κ2) is 6.76. The number of aromatic nitrogens is 2. The highest BCUT2D eigenvalue weighted by Gasteiger charge is 2.22. The molecule has 3 heterocycles. The van der Waals surface area contributed by atoms with Crippen LogP contribution in [0.1, 0.15) is 17.0 Å². The van der Waals surface area contributed by atoms with Crippen LogP contribution in [0.3, 0.4) is 0 Å². The summed E-state index contributed by atoms with van der Waals surface area (Å²) in [6.07, 6.45) is 0.590. The van der Waals surface area contributed by atoms with Crippen molar-refractivity contribution >= 4 is 10.1 Å². The van der Waals surface area contributed by atoms with Gasteiger partial charge in [-0.2, -0.15) is 0 Å². The van der Waals surface area contributed by atoms with Gasteiger partial charge in [0.25, 0.3) is 5.56 Å². The van der Waals surface area contributed by atoms with Crippen LogP contribution in [0.2, 0.25) is 0 Å². The number of nitrogens with one attached hydrogen (secondary N) is 1. The third kappa shape index (κ3) is 3.70. The molecule has 3 aromatic rings. The van der Waals surface area contributed by atoms with E-state index in [1.165, 1.54) is 6.07 Å². The molecule has 0 atom stereocenters. The predicted octanol–water partition coefficient (Wildman–Crippen LogP) is 1.49. The van der Waals surface area contributed by atoms with Crippen LogP contribution in [0.15, 0.2) is 56.8 Å². The lowest BCUT2D eigenvalue weighted by Gasteiger charge is -2.26. The Morgan fingerprint density at radius 3 is 2.67 bits per heavy atom. The van der Waals surface area contributed by atoms with Gasteiger partial charge in [0.15, 0.2) is 10.1 Å². The molecular weight excluding hydrogens is 370 g/mol. The number of H-pyrrole nitrogens is 1. The molecule has 1 N–H and O–H groups in total. The number of hydrogen-bond donors (Lipinski definition) is 1. The lowest BCUT2D eigenvalue weighted by molar-refractivity contribution is 0.215. The van der Waals surface area contributed by atoms with Gasteiger partial charge in [-0.1, -0.05) is 30.3 Å². The van der Waals surface area contributed by atoms with Gasteiger partial charge in [0.2, 0.25) is 5.09 Å². The highest BCUT2D eigenvalue weighted by Crippen LogP contribution is 2.21. The first-order valence-corrected chi connectivity index (χ1v) is 9.75. The van der Waals surface area contributed by atoms with E-state index in [1.54, 1.807) is 0 Å². The van der Waals surface area contributed by atoms with Crippen LogP contribution >= 0.6 is 0 Å². The standard InChI is InChI=1S/C18H17N3O5S/c22-18-14-11-21(10-13-6-7-16(26-13)27(23,24)25)9-8-15(14)19-17(20-18)12-4-2-1-3-5-12/h1-7H,8-11H2,(H,19,20,22)(H,23,24,25)/p-1. The Morgan fingerprint density at radius 1 is 1.19 bits per heavy atom. The molecule has 0 unspecified atom stereocenters. The van der Waals surface area contributed by atoms with Crippen LogP contribution in [-0.4, -0.2) is 34.4 Å². The van der Waals surface area contributed by atoms with Crippen molar-refractivity contribution in [1.29, 1.82) is 0 Å². The van der Waals surface area contributed by atoms with Crippen molar-refractivity contribution in [2.24, 2.45) is 0 Å². The zero-order valence-electron chi connectivity index (χ0n) is 14.2. The molecule has 1 aromatic carbocycles. The second-order valence-corrected chi connectivity index (χ2v) is 7.65. The molecule has 0 saturated heterocycles. The van der Waals surface area contributed by atoms with Gasteiger partial charge in [0.1, 0.15) is 11.6 Å². The monoisotopic (exact) mass is 386 g/mol. The Bertz CT molecular complexity index is 1140. The molecule has 1 aliphatic rings. The highest BCUT2D eigenvalue weighted by molar-refractivity contribution is 7.85. The molecule has 0 radical (unpaired) electrons. The van der Waals surface area contributed by atoms with Gasteiger partial charge in [-0.05, 0) is 12.1 Å². The number of nitrogens with zero attached hydrogens (tertiary/aromatic N) is 2. The fourth-order valence-electron chi connectivity index (χ4n) is 3.15. The van der Waals surface area contributed by atoms with E-state index in [2.05, 4.69) is 9.97 Å². The number of benzene rings is 1. The van der Waals surface area contributed by atoms with Gasteiger partial charge in [0.05, 0.1) is 17.8 Å². The first-order chi connectivity index (χ1) is 12.9. The molecule has 0 saturated carbocycles. The molecule has 4 rings (SSSR count). The van der Waals surface area contributed by atoms with E-state index in [1.807, 2.05) is 35.2 Å². The second-order valence-electron chi connectivity index (χ2n) is 6.34. The van der Waals surface area contributed by atoms with E-state index in [4.69, 9.17) is 4.42 Å². The normalized spacial score (nSPS) is 14.9. The molecular formula is C18H16N3O5S-. The summed E-state index contributed by atoms with van der Waals surface area (Å²) < 4.78 is 38.0. The van der Waals surface area contributed by atoms with Crippen molar-refractivity contribution in [1.82, 2.24) is 14.9 Å². The van der Waals surface area contributed by atoms with Crippen LogP contribution in [0, 0.1) is 0 Å². The average molecular weight is 386 g/mol. The van der Waals surface area contributed by atoms with Gasteiger partial charge >= 0.3 is 0 Å². The highest BCUT2D eigenvalue weighted by atomic mass is 32.2. The van der Waals surface area contributed by atoms with Gasteiger partial charge in [0, 0.05) is 25.1 Å². The predicted molar refractivity (Wildman–Crippen MR) is 94.8 cm³/mol. The number of fused-ring (bicyclic) bond motifs is 1. The fourth-order valence-corrected chi connectivity index (χ4v) is 3.59. The summed E-state index contributed by atoms with van der Waals surface area (Å²) in [4.78, 5) is 21.9. The molecule has 0 amide bonds. The van der Waals surface area contributed by atoms with E-state index in [0.29, 0.717) is 43.2 Å². The zero-order chi connectivity index (χ0) is 19.0. The van der Waals surface area contributed by atoms with Crippen LogP contribution < -0.4 is 5.56 Å². The smallest absolute Gasteiger partial charge is 0.255 e. The Morgan fingerprint density at radius 2 is 1.96 bits per heavy atom. The van der Waals surface area contributed by atoms with Gasteiger partial charge < -0.3 is 14.0 Å². The quantitative estimate of drug-likeness (QED) is 0.675. The molecule has 1 aliphatic heterocycles. The summed E-state index contributed by atoms with van der Waals surface area (Å²) in [5.41, 5.74) is 2.01. The Balaban J connectivity index is 1.55. The lowest BCUT2D eigenvalue weighted by atomic mass is 10.1. The zero-order valence-corrected chi connectivity index (χ0v) is 15.0. The summed E-state index contributed by atoms with van der Waals surface area (Å²) in [7, 11) is -4.61. The first-order valence-electron chi connectivity index (χ1n) is 8.34. The summed E-state index contributed by atoms with van der Waals surface area (Å²) in [6, 6.07) is 12.1. The fraction of sp³-hybridized carbons (Fsp3) is 0.222. The molecule has 27 heavy (non-hydrogen) atoms. The number of aromatic amines is 1. The Labute approximate surface area is 155 Å². The topological polar surface area (TPSA) is 119 Å². The summed E-state index contributed by atoms with van der Waals surface area (Å²) in [5, 5.41) is -0.595.